The first kappa shape index (κ1) is 17.8. The molecule has 1 aromatic carbocycles. The van der Waals surface area contributed by atoms with Crippen molar-refractivity contribution in [2.45, 2.75) is 39.7 Å². The molecule has 1 aliphatic carbocycles. The minimum Gasteiger partial charge on any atom is -0.324 e. The third kappa shape index (κ3) is 3.37. The third-order valence-corrected chi connectivity index (χ3v) is 5.55. The van der Waals surface area contributed by atoms with Crippen molar-refractivity contribution >= 4 is 28.7 Å². The molecular weight excluding hydrogens is 364 g/mol. The first-order valence-corrected chi connectivity index (χ1v) is 9.45. The van der Waals surface area contributed by atoms with E-state index in [0.717, 1.165) is 36.1 Å². The largest absolute Gasteiger partial charge is 0.324 e. The smallest absolute Gasteiger partial charge is 0.277 e. The maximum absolute atomic E-state index is 13.0. The van der Waals surface area contributed by atoms with Crippen molar-refractivity contribution < 1.29 is 4.79 Å². The number of benzene rings is 1. The molecule has 0 saturated carbocycles. The summed E-state index contributed by atoms with van der Waals surface area (Å²) in [5.74, 6) is 0.260. The van der Waals surface area contributed by atoms with Gasteiger partial charge >= 0.3 is 0 Å². The molecule has 0 saturated heterocycles. The van der Waals surface area contributed by atoms with E-state index in [-0.39, 0.29) is 18.0 Å². The van der Waals surface area contributed by atoms with E-state index in [1.165, 1.54) is 4.57 Å². The van der Waals surface area contributed by atoms with Gasteiger partial charge in [0.1, 0.15) is 12.1 Å². The number of hydrogen-bond donors (Lipinski definition) is 1. The zero-order valence-electron chi connectivity index (χ0n) is 15.3. The molecule has 1 atom stereocenters. The maximum Gasteiger partial charge on any atom is 0.277 e. The topological polar surface area (TPSA) is 68.4 Å². The molecule has 0 radical (unpaired) electrons. The van der Waals surface area contributed by atoms with Gasteiger partial charge in [-0.1, -0.05) is 24.6 Å². The van der Waals surface area contributed by atoms with Crippen LogP contribution >= 0.6 is 11.6 Å². The van der Waals surface area contributed by atoms with E-state index >= 15 is 0 Å². The van der Waals surface area contributed by atoms with E-state index in [9.17, 15) is 9.59 Å². The Morgan fingerprint density at radius 3 is 2.96 bits per heavy atom. The van der Waals surface area contributed by atoms with Gasteiger partial charge in [0, 0.05) is 28.7 Å². The van der Waals surface area contributed by atoms with Crippen LogP contribution in [0.25, 0.3) is 5.52 Å². The molecule has 6 nitrogen and oxygen atoms in total. The van der Waals surface area contributed by atoms with Crippen LogP contribution < -0.4 is 10.9 Å². The lowest BCUT2D eigenvalue weighted by molar-refractivity contribution is -0.116. The Labute approximate surface area is 161 Å². The van der Waals surface area contributed by atoms with Gasteiger partial charge in [-0.25, -0.2) is 4.52 Å². The van der Waals surface area contributed by atoms with Crippen LogP contribution in [0.1, 0.15) is 30.2 Å². The number of aryl methyl sites for hydroxylation is 2. The highest BCUT2D eigenvalue weighted by Gasteiger charge is 2.23. The van der Waals surface area contributed by atoms with Gasteiger partial charge in [-0.3, -0.25) is 9.59 Å². The Balaban J connectivity index is 1.61. The zero-order chi connectivity index (χ0) is 19.1. The van der Waals surface area contributed by atoms with Gasteiger partial charge in [0.25, 0.3) is 5.56 Å². The third-order valence-electron chi connectivity index (χ3n) is 5.14. The van der Waals surface area contributed by atoms with Crippen molar-refractivity contribution in [3.8, 4) is 0 Å². The van der Waals surface area contributed by atoms with Crippen LogP contribution in [0.15, 0.2) is 35.4 Å². The average Bonchev–Trinajstić information content (AvgIpc) is 2.99. The van der Waals surface area contributed by atoms with Crippen molar-refractivity contribution in [1.82, 2.24) is 14.2 Å². The van der Waals surface area contributed by atoms with E-state index in [1.54, 1.807) is 29.0 Å². The fraction of sp³-hybridized carbons (Fsp3) is 0.350. The molecule has 0 fully saturated rings. The van der Waals surface area contributed by atoms with Crippen LogP contribution in [0, 0.1) is 12.8 Å². The molecule has 0 spiro atoms. The molecule has 7 heteroatoms. The van der Waals surface area contributed by atoms with Crippen molar-refractivity contribution in [3.05, 3.63) is 62.8 Å². The molecule has 2 heterocycles. The Hall–Kier alpha value is -2.60. The van der Waals surface area contributed by atoms with Gasteiger partial charge in [0.2, 0.25) is 5.91 Å². The number of halogens is 1. The van der Waals surface area contributed by atoms with E-state index in [2.05, 4.69) is 17.3 Å². The molecule has 3 aromatic rings. The Bertz CT molecular complexity index is 1100. The van der Waals surface area contributed by atoms with Crippen molar-refractivity contribution in [1.29, 1.82) is 0 Å². The lowest BCUT2D eigenvalue weighted by Gasteiger charge is -2.16. The molecule has 0 unspecified atom stereocenters. The van der Waals surface area contributed by atoms with Crippen LogP contribution in [0.4, 0.5) is 5.69 Å². The number of anilines is 1. The van der Waals surface area contributed by atoms with Crippen LogP contribution in [0.5, 0.6) is 0 Å². The fourth-order valence-electron chi connectivity index (χ4n) is 3.60. The number of rotatable bonds is 3. The molecule has 0 aliphatic heterocycles. The van der Waals surface area contributed by atoms with E-state index in [1.807, 2.05) is 13.0 Å². The van der Waals surface area contributed by atoms with Gasteiger partial charge in [-0.05, 0) is 49.8 Å². The summed E-state index contributed by atoms with van der Waals surface area (Å²) in [6.45, 7) is 4.03. The van der Waals surface area contributed by atoms with Crippen LogP contribution in [0.3, 0.4) is 0 Å². The molecule has 1 N–H and O–H groups in total. The predicted molar refractivity (Wildman–Crippen MR) is 105 cm³/mol. The lowest BCUT2D eigenvalue weighted by Crippen LogP contribution is -2.28. The van der Waals surface area contributed by atoms with Crippen LogP contribution in [-0.4, -0.2) is 20.1 Å². The zero-order valence-corrected chi connectivity index (χ0v) is 16.1. The Morgan fingerprint density at radius 2 is 2.19 bits per heavy atom. The molecule has 2 aromatic heterocycles. The monoisotopic (exact) mass is 384 g/mol. The number of carbonyl (C=O) groups is 1. The normalized spacial score (nSPS) is 16.3. The summed E-state index contributed by atoms with van der Waals surface area (Å²) in [4.78, 5) is 25.4. The quantitative estimate of drug-likeness (QED) is 0.753. The second-order valence-corrected chi connectivity index (χ2v) is 7.72. The average molecular weight is 385 g/mol. The van der Waals surface area contributed by atoms with Gasteiger partial charge in [-0.2, -0.15) is 5.10 Å². The molecule has 0 bridgehead atoms. The first-order valence-electron chi connectivity index (χ1n) is 9.08. The number of aromatic nitrogens is 3. The van der Waals surface area contributed by atoms with Crippen molar-refractivity contribution in [3.63, 3.8) is 0 Å². The van der Waals surface area contributed by atoms with Crippen molar-refractivity contribution in [2.75, 3.05) is 5.32 Å². The fourth-order valence-corrected chi connectivity index (χ4v) is 3.78. The molecule has 140 valence electrons. The van der Waals surface area contributed by atoms with Gasteiger partial charge in [-0.15, -0.1) is 0 Å². The number of fused-ring (bicyclic) bond motifs is 3. The summed E-state index contributed by atoms with van der Waals surface area (Å²) in [5.41, 5.74) is 3.99. The highest BCUT2D eigenvalue weighted by molar-refractivity contribution is 6.31. The van der Waals surface area contributed by atoms with E-state index < -0.39 is 0 Å². The highest BCUT2D eigenvalue weighted by Crippen LogP contribution is 2.26. The Morgan fingerprint density at radius 1 is 1.37 bits per heavy atom. The number of nitrogens with zero attached hydrogens (tertiary/aromatic N) is 3. The number of carbonyl (C=O) groups excluding carboxylic acids is 1. The predicted octanol–water partition coefficient (Wildman–Crippen LogP) is 3.22. The molecule has 27 heavy (non-hydrogen) atoms. The maximum atomic E-state index is 13.0. The molecule has 4 rings (SSSR count). The summed E-state index contributed by atoms with van der Waals surface area (Å²) in [6.07, 6.45) is 6.19. The molecule has 1 amide bonds. The van der Waals surface area contributed by atoms with Crippen LogP contribution in [-0.2, 0) is 24.2 Å². The SMILES string of the molecule is Cc1ccc(NC(=O)Cn2ccn3nc4c(c3c2=O)C[C@@H](C)CC4)cc1Cl. The highest BCUT2D eigenvalue weighted by atomic mass is 35.5. The van der Waals surface area contributed by atoms with E-state index in [0.29, 0.717) is 22.1 Å². The van der Waals surface area contributed by atoms with Gasteiger partial charge in [0.15, 0.2) is 0 Å². The molecule has 1 aliphatic rings. The summed E-state index contributed by atoms with van der Waals surface area (Å²) in [6, 6.07) is 5.34. The summed E-state index contributed by atoms with van der Waals surface area (Å²) in [7, 11) is 0. The Kier molecular flexibility index (Phi) is 4.52. The lowest BCUT2D eigenvalue weighted by atomic mass is 9.88. The first-order chi connectivity index (χ1) is 12.9. The number of nitrogens with one attached hydrogen (secondary N) is 1. The minimum atomic E-state index is -0.275. The minimum absolute atomic E-state index is 0.0592. The summed E-state index contributed by atoms with van der Waals surface area (Å²) in [5, 5.41) is 7.92. The van der Waals surface area contributed by atoms with Crippen LogP contribution in [0.2, 0.25) is 5.02 Å². The second kappa shape index (κ2) is 6.85. The van der Waals surface area contributed by atoms with Crippen molar-refractivity contribution in [2.24, 2.45) is 5.92 Å². The number of hydrogen-bond acceptors (Lipinski definition) is 3. The van der Waals surface area contributed by atoms with Gasteiger partial charge in [0.05, 0.1) is 5.69 Å². The summed E-state index contributed by atoms with van der Waals surface area (Å²) >= 11 is 6.10. The molecular formula is C20H21ClN4O2. The number of amides is 1. The second-order valence-electron chi connectivity index (χ2n) is 7.31. The van der Waals surface area contributed by atoms with Gasteiger partial charge < -0.3 is 9.88 Å². The summed E-state index contributed by atoms with van der Waals surface area (Å²) < 4.78 is 3.08. The standard InChI is InChI=1S/C20H21ClN4O2/c1-12-3-6-17-15(9-12)19-20(27)24(7-8-25(19)23-17)11-18(26)22-14-5-4-13(2)16(21)10-14/h4-5,7-8,10,12H,3,6,9,11H2,1-2H3,(H,22,26)/t12-/m0/s1. The van der Waals surface area contributed by atoms with E-state index in [4.69, 9.17) is 11.6 Å².